The van der Waals surface area contributed by atoms with Crippen molar-refractivity contribution in [1.29, 1.82) is 0 Å². The van der Waals surface area contributed by atoms with Gasteiger partial charge in [0.1, 0.15) is 6.61 Å². The van der Waals surface area contributed by atoms with Gasteiger partial charge in [-0.25, -0.2) is 0 Å². The average Bonchev–Trinajstić information content (AvgIpc) is 2.78. The molecule has 0 aliphatic heterocycles. The Hall–Kier alpha value is -3.51. The highest BCUT2D eigenvalue weighted by Crippen LogP contribution is 2.29. The Labute approximate surface area is 186 Å². The van der Waals surface area contributed by atoms with Crippen LogP contribution in [-0.2, 0) is 6.61 Å². The van der Waals surface area contributed by atoms with E-state index in [0.717, 1.165) is 5.56 Å². The van der Waals surface area contributed by atoms with Crippen LogP contribution in [0.4, 0.5) is 5.69 Å². The molecule has 0 saturated heterocycles. The molecule has 0 unspecified atom stereocenters. The second-order valence-corrected chi connectivity index (χ2v) is 7.45. The van der Waals surface area contributed by atoms with Crippen molar-refractivity contribution in [3.63, 3.8) is 0 Å². The Morgan fingerprint density at radius 3 is 2.16 bits per heavy atom. The first-order chi connectivity index (χ1) is 14.9. The van der Waals surface area contributed by atoms with Gasteiger partial charge in [0, 0.05) is 35.9 Å². The number of carbonyl (C=O) groups excluding carboxylic acids is 2. The van der Waals surface area contributed by atoms with Crippen LogP contribution in [0, 0.1) is 0 Å². The molecule has 0 aromatic heterocycles. The number of benzene rings is 3. The minimum atomic E-state index is -0.297. The summed E-state index contributed by atoms with van der Waals surface area (Å²) in [6.07, 6.45) is 0. The van der Waals surface area contributed by atoms with Crippen LogP contribution in [0.5, 0.6) is 11.5 Å². The molecule has 0 radical (unpaired) electrons. The van der Waals surface area contributed by atoms with E-state index in [1.165, 1.54) is 12.0 Å². The molecule has 3 aromatic carbocycles. The van der Waals surface area contributed by atoms with Gasteiger partial charge in [0.25, 0.3) is 11.8 Å². The predicted molar refractivity (Wildman–Crippen MR) is 121 cm³/mol. The number of rotatable bonds is 7. The van der Waals surface area contributed by atoms with E-state index in [2.05, 4.69) is 5.32 Å². The number of anilines is 1. The van der Waals surface area contributed by atoms with Crippen molar-refractivity contribution in [1.82, 2.24) is 4.90 Å². The first-order valence-electron chi connectivity index (χ1n) is 9.55. The minimum absolute atomic E-state index is 0.100. The van der Waals surface area contributed by atoms with E-state index in [-0.39, 0.29) is 11.8 Å². The summed E-state index contributed by atoms with van der Waals surface area (Å²) in [5.41, 5.74) is 2.52. The zero-order chi connectivity index (χ0) is 22.4. The molecule has 0 bridgehead atoms. The van der Waals surface area contributed by atoms with Gasteiger partial charge in [-0.3, -0.25) is 9.59 Å². The molecule has 160 valence electrons. The van der Waals surface area contributed by atoms with Crippen molar-refractivity contribution < 1.29 is 19.1 Å². The number of hydrogen-bond donors (Lipinski definition) is 1. The van der Waals surface area contributed by atoms with Crippen LogP contribution in [0.25, 0.3) is 0 Å². The summed E-state index contributed by atoms with van der Waals surface area (Å²) >= 11 is 5.90. The largest absolute Gasteiger partial charge is 0.493 e. The third kappa shape index (κ3) is 5.77. The van der Waals surface area contributed by atoms with Crippen LogP contribution in [-0.4, -0.2) is 37.9 Å². The fourth-order valence-corrected chi connectivity index (χ4v) is 2.95. The standard InChI is InChI=1S/C24H23ClN2O4/c1-27(2)24(29)17-6-11-20(12-7-17)26-23(28)18-8-13-21(22(14-18)30-3)31-15-16-4-9-19(25)10-5-16/h4-14H,15H2,1-3H3,(H,26,28). The van der Waals surface area contributed by atoms with Crippen molar-refractivity contribution in [2.45, 2.75) is 6.61 Å². The first-order valence-corrected chi connectivity index (χ1v) is 9.93. The summed E-state index contributed by atoms with van der Waals surface area (Å²) < 4.78 is 11.2. The van der Waals surface area contributed by atoms with Gasteiger partial charge in [-0.15, -0.1) is 0 Å². The van der Waals surface area contributed by atoms with Crippen molar-refractivity contribution in [2.24, 2.45) is 0 Å². The molecule has 0 heterocycles. The first kappa shape index (κ1) is 22.2. The van der Waals surface area contributed by atoms with E-state index < -0.39 is 0 Å². The van der Waals surface area contributed by atoms with Crippen LogP contribution in [0.1, 0.15) is 26.3 Å². The Balaban J connectivity index is 1.67. The molecule has 6 nitrogen and oxygen atoms in total. The van der Waals surface area contributed by atoms with Crippen LogP contribution in [0.15, 0.2) is 66.7 Å². The Bertz CT molecular complexity index is 1060. The van der Waals surface area contributed by atoms with Gasteiger partial charge in [-0.1, -0.05) is 23.7 Å². The fourth-order valence-electron chi connectivity index (χ4n) is 2.83. The molecule has 0 atom stereocenters. The van der Waals surface area contributed by atoms with Gasteiger partial charge in [0.15, 0.2) is 11.5 Å². The number of hydrogen-bond acceptors (Lipinski definition) is 4. The number of methoxy groups -OCH3 is 1. The lowest BCUT2D eigenvalue weighted by atomic mass is 10.1. The summed E-state index contributed by atoms with van der Waals surface area (Å²) in [4.78, 5) is 26.1. The van der Waals surface area contributed by atoms with Crippen molar-refractivity contribution >= 4 is 29.1 Å². The number of carbonyl (C=O) groups is 2. The lowest BCUT2D eigenvalue weighted by Gasteiger charge is -2.13. The van der Waals surface area contributed by atoms with Gasteiger partial charge < -0.3 is 19.7 Å². The second kappa shape index (κ2) is 10.00. The molecule has 1 N–H and O–H groups in total. The lowest BCUT2D eigenvalue weighted by Crippen LogP contribution is -2.21. The highest BCUT2D eigenvalue weighted by molar-refractivity contribution is 6.30. The van der Waals surface area contributed by atoms with E-state index in [0.29, 0.717) is 39.9 Å². The van der Waals surface area contributed by atoms with Crippen LogP contribution >= 0.6 is 11.6 Å². The van der Waals surface area contributed by atoms with Gasteiger partial charge >= 0.3 is 0 Å². The summed E-state index contributed by atoms with van der Waals surface area (Å²) in [5.74, 6) is 0.583. The number of nitrogens with one attached hydrogen (secondary N) is 1. The maximum Gasteiger partial charge on any atom is 0.255 e. The van der Waals surface area contributed by atoms with E-state index in [1.54, 1.807) is 68.7 Å². The molecular weight excluding hydrogens is 416 g/mol. The summed E-state index contributed by atoms with van der Waals surface area (Å²) in [6, 6.07) is 19.1. The molecule has 0 aliphatic rings. The fraction of sp³-hybridized carbons (Fsp3) is 0.167. The third-order valence-corrected chi connectivity index (χ3v) is 4.78. The van der Waals surface area contributed by atoms with E-state index in [4.69, 9.17) is 21.1 Å². The third-order valence-electron chi connectivity index (χ3n) is 4.53. The molecule has 3 rings (SSSR count). The molecule has 0 spiro atoms. The van der Waals surface area contributed by atoms with Gasteiger partial charge in [0.2, 0.25) is 0 Å². The molecule has 7 heteroatoms. The lowest BCUT2D eigenvalue weighted by molar-refractivity contribution is 0.0827. The van der Waals surface area contributed by atoms with E-state index in [9.17, 15) is 9.59 Å². The zero-order valence-corrected chi connectivity index (χ0v) is 18.3. The topological polar surface area (TPSA) is 67.9 Å². The normalized spacial score (nSPS) is 10.3. The molecule has 3 aromatic rings. The number of nitrogens with zero attached hydrogens (tertiary/aromatic N) is 1. The second-order valence-electron chi connectivity index (χ2n) is 7.01. The number of ether oxygens (including phenoxy) is 2. The molecule has 2 amide bonds. The Kier molecular flexibility index (Phi) is 7.15. The monoisotopic (exact) mass is 438 g/mol. The summed E-state index contributed by atoms with van der Waals surface area (Å²) in [6.45, 7) is 0.344. The van der Waals surface area contributed by atoms with Crippen molar-refractivity contribution in [2.75, 3.05) is 26.5 Å². The number of halogens is 1. The number of amides is 2. The minimum Gasteiger partial charge on any atom is -0.493 e. The summed E-state index contributed by atoms with van der Waals surface area (Å²) in [5, 5.41) is 3.48. The molecule has 31 heavy (non-hydrogen) atoms. The van der Waals surface area contributed by atoms with Crippen LogP contribution in [0.3, 0.4) is 0 Å². The molecular formula is C24H23ClN2O4. The molecule has 0 fully saturated rings. The van der Waals surface area contributed by atoms with Crippen molar-refractivity contribution in [3.8, 4) is 11.5 Å². The average molecular weight is 439 g/mol. The highest BCUT2D eigenvalue weighted by Gasteiger charge is 2.13. The quantitative estimate of drug-likeness (QED) is 0.570. The highest BCUT2D eigenvalue weighted by atomic mass is 35.5. The molecule has 0 saturated carbocycles. The van der Waals surface area contributed by atoms with Gasteiger partial charge in [0.05, 0.1) is 7.11 Å². The zero-order valence-electron chi connectivity index (χ0n) is 17.5. The Morgan fingerprint density at radius 1 is 0.903 bits per heavy atom. The van der Waals surface area contributed by atoms with Crippen LogP contribution < -0.4 is 14.8 Å². The summed E-state index contributed by atoms with van der Waals surface area (Å²) in [7, 11) is 4.90. The Morgan fingerprint density at radius 2 is 1.55 bits per heavy atom. The van der Waals surface area contributed by atoms with E-state index >= 15 is 0 Å². The maximum absolute atomic E-state index is 12.6. The van der Waals surface area contributed by atoms with Gasteiger partial charge in [-0.05, 0) is 60.2 Å². The predicted octanol–water partition coefficient (Wildman–Crippen LogP) is 4.88. The smallest absolute Gasteiger partial charge is 0.255 e. The maximum atomic E-state index is 12.6. The van der Waals surface area contributed by atoms with Gasteiger partial charge in [-0.2, -0.15) is 0 Å². The van der Waals surface area contributed by atoms with Crippen molar-refractivity contribution in [3.05, 3.63) is 88.4 Å². The molecule has 0 aliphatic carbocycles. The van der Waals surface area contributed by atoms with Crippen LogP contribution in [0.2, 0.25) is 5.02 Å². The van der Waals surface area contributed by atoms with E-state index in [1.807, 2.05) is 12.1 Å². The SMILES string of the molecule is COc1cc(C(=O)Nc2ccc(C(=O)N(C)C)cc2)ccc1OCc1ccc(Cl)cc1.